The molecule has 0 spiro atoms. The van der Waals surface area contributed by atoms with Crippen molar-refractivity contribution < 1.29 is 9.59 Å². The van der Waals surface area contributed by atoms with Gasteiger partial charge in [-0.2, -0.15) is 0 Å². The van der Waals surface area contributed by atoms with Gasteiger partial charge in [0, 0.05) is 24.7 Å². The average Bonchev–Trinajstić information content (AvgIpc) is 2.62. The number of hydrogen-bond acceptors (Lipinski definition) is 2. The Hall–Kier alpha value is -2.30. The summed E-state index contributed by atoms with van der Waals surface area (Å²) in [7, 11) is 0. The second-order valence-corrected chi connectivity index (χ2v) is 6.81. The lowest BCUT2D eigenvalue weighted by Crippen LogP contribution is -2.35. The van der Waals surface area contributed by atoms with E-state index in [0.29, 0.717) is 13.1 Å². The Kier molecular flexibility index (Phi) is 7.51. The van der Waals surface area contributed by atoms with Gasteiger partial charge in [0.25, 0.3) is 0 Å². The molecule has 3 N–H and O–H groups in total. The molecule has 0 unspecified atom stereocenters. The van der Waals surface area contributed by atoms with Crippen molar-refractivity contribution in [2.45, 2.75) is 52.5 Å². The lowest BCUT2D eigenvalue weighted by molar-refractivity contribution is -0.118. The summed E-state index contributed by atoms with van der Waals surface area (Å²) in [4.78, 5) is 23.5. The molecule has 136 valence electrons. The summed E-state index contributed by atoms with van der Waals surface area (Å²) in [5.41, 5.74) is 3.23. The van der Waals surface area contributed by atoms with E-state index in [-0.39, 0.29) is 17.9 Å². The summed E-state index contributed by atoms with van der Waals surface area (Å²) in [6.07, 6.45) is 8.15. The van der Waals surface area contributed by atoms with Crippen LogP contribution in [-0.4, -0.2) is 18.5 Å². The molecular weight excluding hydrogens is 314 g/mol. The summed E-state index contributed by atoms with van der Waals surface area (Å²) in [5.74, 6) is -0.0484. The second-order valence-electron chi connectivity index (χ2n) is 6.81. The number of hydrogen-bond donors (Lipinski definition) is 3. The Morgan fingerprint density at radius 2 is 1.84 bits per heavy atom. The average molecular weight is 343 g/mol. The molecule has 0 fully saturated rings. The van der Waals surface area contributed by atoms with Gasteiger partial charge in [-0.15, -0.1) is 0 Å². The van der Waals surface area contributed by atoms with Crippen molar-refractivity contribution in [1.29, 1.82) is 0 Å². The van der Waals surface area contributed by atoms with Gasteiger partial charge in [0.15, 0.2) is 0 Å². The summed E-state index contributed by atoms with van der Waals surface area (Å²) < 4.78 is 0. The van der Waals surface area contributed by atoms with E-state index in [0.717, 1.165) is 17.7 Å². The molecule has 1 aliphatic carbocycles. The van der Waals surface area contributed by atoms with E-state index >= 15 is 0 Å². The van der Waals surface area contributed by atoms with Crippen LogP contribution in [0.4, 0.5) is 10.5 Å². The van der Waals surface area contributed by atoms with Crippen LogP contribution >= 0.6 is 0 Å². The molecule has 0 bridgehead atoms. The van der Waals surface area contributed by atoms with Crippen LogP contribution in [0.1, 0.15) is 51.5 Å². The predicted octanol–water partition coefficient (Wildman–Crippen LogP) is 3.97. The topological polar surface area (TPSA) is 70.2 Å². The van der Waals surface area contributed by atoms with Gasteiger partial charge in [0.1, 0.15) is 0 Å². The number of benzene rings is 1. The third kappa shape index (κ3) is 6.99. The van der Waals surface area contributed by atoms with Crippen molar-refractivity contribution in [3.8, 4) is 0 Å². The van der Waals surface area contributed by atoms with E-state index in [1.807, 2.05) is 38.1 Å². The molecule has 5 heteroatoms. The van der Waals surface area contributed by atoms with Crippen LogP contribution in [0.5, 0.6) is 0 Å². The highest BCUT2D eigenvalue weighted by Crippen LogP contribution is 2.19. The minimum absolute atomic E-state index is 0.00154. The van der Waals surface area contributed by atoms with E-state index in [4.69, 9.17) is 0 Å². The molecule has 2 rings (SSSR count). The third-order valence-corrected chi connectivity index (χ3v) is 4.32. The first-order valence-corrected chi connectivity index (χ1v) is 9.14. The van der Waals surface area contributed by atoms with E-state index in [2.05, 4.69) is 22.0 Å². The highest BCUT2D eigenvalue weighted by molar-refractivity contribution is 5.92. The molecule has 1 aromatic rings. The van der Waals surface area contributed by atoms with Gasteiger partial charge >= 0.3 is 6.03 Å². The lowest BCUT2D eigenvalue weighted by Gasteiger charge is -2.13. The first kappa shape index (κ1) is 19.0. The van der Waals surface area contributed by atoms with Gasteiger partial charge < -0.3 is 16.0 Å². The molecular formula is C20H29N3O2. The Labute approximate surface area is 150 Å². The van der Waals surface area contributed by atoms with Gasteiger partial charge in [-0.05, 0) is 49.8 Å². The number of amides is 3. The molecule has 0 saturated carbocycles. The van der Waals surface area contributed by atoms with Crippen LogP contribution in [-0.2, 0) is 11.3 Å². The van der Waals surface area contributed by atoms with Gasteiger partial charge in [0.2, 0.25) is 5.91 Å². The molecule has 0 saturated heterocycles. The SMILES string of the molecule is CC(C)C(=O)Nc1ccc(CNC(=O)NCCC2=CCCCC2)cc1. The van der Waals surface area contributed by atoms with Gasteiger partial charge in [-0.3, -0.25) is 4.79 Å². The fourth-order valence-electron chi connectivity index (χ4n) is 2.71. The van der Waals surface area contributed by atoms with Crippen LogP contribution in [0.2, 0.25) is 0 Å². The minimum atomic E-state index is -0.145. The molecule has 0 aromatic heterocycles. The molecule has 1 aliphatic rings. The zero-order valence-electron chi connectivity index (χ0n) is 15.2. The zero-order valence-corrected chi connectivity index (χ0v) is 15.2. The fraction of sp³-hybridized carbons (Fsp3) is 0.500. The summed E-state index contributed by atoms with van der Waals surface area (Å²) >= 11 is 0. The van der Waals surface area contributed by atoms with Gasteiger partial charge in [-0.1, -0.05) is 37.6 Å². The molecule has 0 radical (unpaired) electrons. The number of anilines is 1. The maximum absolute atomic E-state index is 11.8. The number of rotatable bonds is 7. The Balaban J connectivity index is 1.67. The fourth-order valence-corrected chi connectivity index (χ4v) is 2.71. The van der Waals surface area contributed by atoms with Crippen LogP contribution in [0.3, 0.4) is 0 Å². The van der Waals surface area contributed by atoms with E-state index < -0.39 is 0 Å². The smallest absolute Gasteiger partial charge is 0.315 e. The molecule has 0 aliphatic heterocycles. The van der Waals surface area contributed by atoms with Gasteiger partial charge in [0.05, 0.1) is 0 Å². The molecule has 0 atom stereocenters. The first-order valence-electron chi connectivity index (χ1n) is 9.14. The number of allylic oxidation sites excluding steroid dienone is 1. The zero-order chi connectivity index (χ0) is 18.1. The summed E-state index contributed by atoms with van der Waals surface area (Å²) in [6.45, 7) is 4.86. The second kappa shape index (κ2) is 9.87. The highest BCUT2D eigenvalue weighted by Gasteiger charge is 2.07. The molecule has 3 amide bonds. The Bertz CT molecular complexity index is 606. The van der Waals surface area contributed by atoms with Crippen LogP contribution in [0.15, 0.2) is 35.9 Å². The molecule has 0 heterocycles. The van der Waals surface area contributed by atoms with Crippen molar-refractivity contribution >= 4 is 17.6 Å². The van der Waals surface area contributed by atoms with Crippen LogP contribution < -0.4 is 16.0 Å². The number of nitrogens with one attached hydrogen (secondary N) is 3. The first-order chi connectivity index (χ1) is 12.0. The van der Waals surface area contributed by atoms with Crippen LogP contribution in [0, 0.1) is 5.92 Å². The maximum atomic E-state index is 11.8. The largest absolute Gasteiger partial charge is 0.338 e. The number of urea groups is 1. The van der Waals surface area contributed by atoms with Crippen molar-refractivity contribution in [2.75, 3.05) is 11.9 Å². The normalized spacial score (nSPS) is 14.0. The lowest BCUT2D eigenvalue weighted by atomic mass is 9.97. The van der Waals surface area contributed by atoms with Gasteiger partial charge in [-0.25, -0.2) is 4.79 Å². The Morgan fingerprint density at radius 3 is 2.48 bits per heavy atom. The monoisotopic (exact) mass is 343 g/mol. The Morgan fingerprint density at radius 1 is 1.08 bits per heavy atom. The molecule has 1 aromatic carbocycles. The number of carbonyl (C=O) groups is 2. The van der Waals surface area contributed by atoms with Crippen molar-refractivity contribution in [3.05, 3.63) is 41.5 Å². The maximum Gasteiger partial charge on any atom is 0.315 e. The van der Waals surface area contributed by atoms with Crippen LogP contribution in [0.25, 0.3) is 0 Å². The highest BCUT2D eigenvalue weighted by atomic mass is 16.2. The quantitative estimate of drug-likeness (QED) is 0.656. The number of carbonyl (C=O) groups excluding carboxylic acids is 2. The van der Waals surface area contributed by atoms with E-state index in [1.54, 1.807) is 0 Å². The van der Waals surface area contributed by atoms with Crippen molar-refractivity contribution in [3.63, 3.8) is 0 Å². The molecule has 5 nitrogen and oxygen atoms in total. The third-order valence-electron chi connectivity index (χ3n) is 4.32. The summed E-state index contributed by atoms with van der Waals surface area (Å²) in [6, 6.07) is 7.37. The van der Waals surface area contributed by atoms with Crippen molar-refractivity contribution in [1.82, 2.24) is 10.6 Å². The molecule has 25 heavy (non-hydrogen) atoms. The standard InChI is InChI=1S/C20H29N3O2/c1-15(2)19(24)23-18-10-8-17(9-11-18)14-22-20(25)21-13-12-16-6-4-3-5-7-16/h6,8-11,15H,3-5,7,12-14H2,1-2H3,(H,23,24)(H2,21,22,25). The predicted molar refractivity (Wildman–Crippen MR) is 101 cm³/mol. The van der Waals surface area contributed by atoms with E-state index in [1.165, 1.54) is 31.3 Å². The van der Waals surface area contributed by atoms with Crippen molar-refractivity contribution in [2.24, 2.45) is 5.92 Å². The summed E-state index contributed by atoms with van der Waals surface area (Å²) in [5, 5.41) is 8.61. The minimum Gasteiger partial charge on any atom is -0.338 e. The van der Waals surface area contributed by atoms with E-state index in [9.17, 15) is 9.59 Å².